The van der Waals surface area contributed by atoms with Crippen molar-refractivity contribution in [2.45, 2.75) is 6.92 Å². The lowest BCUT2D eigenvalue weighted by Crippen LogP contribution is -2.31. The number of likely N-dealkylation sites (N-methyl/N-ethyl adjacent to an activating group) is 1. The summed E-state index contributed by atoms with van der Waals surface area (Å²) in [5.41, 5.74) is 0.472. The fourth-order valence-corrected chi connectivity index (χ4v) is 3.26. The zero-order valence-corrected chi connectivity index (χ0v) is 17.3. The maximum Gasteiger partial charge on any atom is 0.281 e. The Morgan fingerprint density at radius 3 is 2.50 bits per heavy atom. The lowest BCUT2D eigenvalue weighted by atomic mass is 10.1. The number of benzene rings is 2. The van der Waals surface area contributed by atoms with Gasteiger partial charge in [-0.3, -0.25) is 19.8 Å². The van der Waals surface area contributed by atoms with E-state index in [4.69, 9.17) is 21.7 Å². The number of nitro benzene ring substituents is 1. The third kappa shape index (κ3) is 3.77. The molecule has 0 radical (unpaired) electrons. The molecule has 1 heterocycles. The summed E-state index contributed by atoms with van der Waals surface area (Å²) in [6, 6.07) is 9.14. The van der Waals surface area contributed by atoms with Gasteiger partial charge in [-0.2, -0.15) is 0 Å². The van der Waals surface area contributed by atoms with E-state index in [0.717, 1.165) is 12.1 Å². The summed E-state index contributed by atoms with van der Waals surface area (Å²) < 4.78 is 10.4. The van der Waals surface area contributed by atoms with Gasteiger partial charge < -0.3 is 19.5 Å². The van der Waals surface area contributed by atoms with Gasteiger partial charge in [0.05, 0.1) is 30.4 Å². The number of carbonyl (C=O) groups excluding carboxylic acids is 1. The molecule has 30 heavy (non-hydrogen) atoms. The van der Waals surface area contributed by atoms with Crippen molar-refractivity contribution >= 4 is 40.7 Å². The minimum atomic E-state index is -0.610. The molecule has 0 aromatic heterocycles. The number of thiocarbonyl (C=S) groups is 1. The molecule has 0 saturated carbocycles. The van der Waals surface area contributed by atoms with E-state index in [1.807, 2.05) is 6.92 Å². The third-order valence-corrected chi connectivity index (χ3v) is 4.94. The molecule has 0 bridgehead atoms. The van der Waals surface area contributed by atoms with Crippen molar-refractivity contribution in [1.82, 2.24) is 4.90 Å². The maximum atomic E-state index is 13.1. The summed E-state index contributed by atoms with van der Waals surface area (Å²) in [6.45, 7) is 2.39. The number of amides is 1. The molecule has 1 amide bonds. The number of carbonyl (C=O) groups is 1. The molecule has 9 nitrogen and oxygen atoms in total. The number of hydrogen-bond donors (Lipinski definition) is 1. The van der Waals surface area contributed by atoms with E-state index in [0.29, 0.717) is 18.0 Å². The van der Waals surface area contributed by atoms with Crippen LogP contribution in [0.2, 0.25) is 0 Å². The monoisotopic (exact) mass is 429 g/mol. The van der Waals surface area contributed by atoms with E-state index in [2.05, 4.69) is 0 Å². The van der Waals surface area contributed by atoms with E-state index < -0.39 is 10.8 Å². The van der Waals surface area contributed by atoms with E-state index in [1.165, 1.54) is 23.0 Å². The SMILES string of the molecule is CCOc1ccc(N2C(=O)/C(=C/c3cc([N+](=O)[O-])cc(OC)c3O)N(C)C2=S)cc1. The lowest BCUT2D eigenvalue weighted by molar-refractivity contribution is -0.385. The molecule has 2 aromatic rings. The van der Waals surface area contributed by atoms with Crippen molar-refractivity contribution in [2.75, 3.05) is 25.7 Å². The maximum absolute atomic E-state index is 13.1. The van der Waals surface area contributed by atoms with Gasteiger partial charge in [-0.05, 0) is 49.5 Å². The summed E-state index contributed by atoms with van der Waals surface area (Å²) in [4.78, 5) is 26.5. The van der Waals surface area contributed by atoms with Gasteiger partial charge in [0.15, 0.2) is 16.6 Å². The van der Waals surface area contributed by atoms with Gasteiger partial charge in [0.2, 0.25) is 0 Å². The van der Waals surface area contributed by atoms with Crippen LogP contribution in [0, 0.1) is 10.1 Å². The van der Waals surface area contributed by atoms with Gasteiger partial charge in [-0.25, -0.2) is 0 Å². The number of methoxy groups -OCH3 is 1. The minimum Gasteiger partial charge on any atom is -0.504 e. The normalized spacial score (nSPS) is 15.1. The summed E-state index contributed by atoms with van der Waals surface area (Å²) in [6.07, 6.45) is 1.34. The topological polar surface area (TPSA) is 105 Å². The van der Waals surface area contributed by atoms with Crippen molar-refractivity contribution in [3.05, 3.63) is 57.8 Å². The Hall–Kier alpha value is -3.66. The number of rotatable bonds is 6. The van der Waals surface area contributed by atoms with Gasteiger partial charge in [-0.15, -0.1) is 0 Å². The first-order chi connectivity index (χ1) is 14.3. The summed E-state index contributed by atoms with van der Waals surface area (Å²) in [5, 5.41) is 21.8. The average molecular weight is 429 g/mol. The van der Waals surface area contributed by atoms with Crippen molar-refractivity contribution in [3.63, 3.8) is 0 Å². The average Bonchev–Trinajstić information content (AvgIpc) is 2.93. The number of ether oxygens (including phenoxy) is 2. The van der Waals surface area contributed by atoms with E-state index in [1.54, 1.807) is 31.3 Å². The summed E-state index contributed by atoms with van der Waals surface area (Å²) >= 11 is 5.41. The Bertz CT molecular complexity index is 1050. The van der Waals surface area contributed by atoms with Crippen LogP contribution in [0.25, 0.3) is 6.08 Å². The summed E-state index contributed by atoms with van der Waals surface area (Å²) in [7, 11) is 2.89. The molecule has 10 heteroatoms. The van der Waals surface area contributed by atoms with Crippen LogP contribution in [0.15, 0.2) is 42.1 Å². The third-order valence-electron chi connectivity index (χ3n) is 4.48. The van der Waals surface area contributed by atoms with Crippen molar-refractivity contribution in [2.24, 2.45) is 0 Å². The number of non-ortho nitro benzene ring substituents is 1. The van der Waals surface area contributed by atoms with E-state index in [-0.39, 0.29) is 33.6 Å². The number of hydrogen-bond acceptors (Lipinski definition) is 7. The van der Waals surface area contributed by atoms with Crippen LogP contribution < -0.4 is 14.4 Å². The highest BCUT2D eigenvalue weighted by molar-refractivity contribution is 7.80. The first-order valence-electron chi connectivity index (χ1n) is 8.90. The highest BCUT2D eigenvalue weighted by atomic mass is 32.1. The first kappa shape index (κ1) is 21.1. The predicted octanol–water partition coefficient (Wildman–Crippen LogP) is 3.31. The van der Waals surface area contributed by atoms with Crippen molar-refractivity contribution < 1.29 is 24.3 Å². The fraction of sp³-hybridized carbons (Fsp3) is 0.200. The zero-order chi connectivity index (χ0) is 22.0. The number of anilines is 1. The Kier molecular flexibility index (Phi) is 5.88. The second-order valence-corrected chi connectivity index (χ2v) is 6.65. The largest absolute Gasteiger partial charge is 0.504 e. The van der Waals surface area contributed by atoms with Gasteiger partial charge in [0, 0.05) is 18.7 Å². The van der Waals surface area contributed by atoms with Crippen LogP contribution in [-0.2, 0) is 4.79 Å². The number of aromatic hydroxyl groups is 1. The van der Waals surface area contributed by atoms with Crippen molar-refractivity contribution in [1.29, 1.82) is 0 Å². The first-order valence-corrected chi connectivity index (χ1v) is 9.31. The second-order valence-electron chi connectivity index (χ2n) is 6.28. The highest BCUT2D eigenvalue weighted by Gasteiger charge is 2.37. The quantitative estimate of drug-likeness (QED) is 0.323. The van der Waals surface area contributed by atoms with E-state index in [9.17, 15) is 20.0 Å². The van der Waals surface area contributed by atoms with Crippen LogP contribution in [0.5, 0.6) is 17.2 Å². The Morgan fingerprint density at radius 1 is 1.27 bits per heavy atom. The molecule has 0 spiro atoms. The molecule has 1 fully saturated rings. The van der Waals surface area contributed by atoms with Gasteiger partial charge in [0.1, 0.15) is 11.4 Å². The molecule has 0 unspecified atom stereocenters. The van der Waals surface area contributed by atoms with Gasteiger partial charge in [0.25, 0.3) is 11.6 Å². The molecule has 1 aliphatic rings. The molecule has 0 aliphatic carbocycles. The predicted molar refractivity (Wildman–Crippen MR) is 115 cm³/mol. The highest BCUT2D eigenvalue weighted by Crippen LogP contribution is 2.37. The Balaban J connectivity index is 2.02. The van der Waals surface area contributed by atoms with Gasteiger partial charge in [-0.1, -0.05) is 0 Å². The van der Waals surface area contributed by atoms with Gasteiger partial charge >= 0.3 is 0 Å². The molecule has 156 valence electrons. The van der Waals surface area contributed by atoms with Crippen LogP contribution >= 0.6 is 12.2 Å². The second kappa shape index (κ2) is 8.37. The number of phenols is 1. The van der Waals surface area contributed by atoms with Crippen molar-refractivity contribution in [3.8, 4) is 17.2 Å². The zero-order valence-electron chi connectivity index (χ0n) is 16.5. The molecular weight excluding hydrogens is 410 g/mol. The van der Waals surface area contributed by atoms with Crippen LogP contribution in [0.4, 0.5) is 11.4 Å². The summed E-state index contributed by atoms with van der Waals surface area (Å²) in [5.74, 6) is -0.162. The molecule has 1 saturated heterocycles. The lowest BCUT2D eigenvalue weighted by Gasteiger charge is -2.16. The molecule has 1 aliphatic heterocycles. The number of phenolic OH excluding ortho intramolecular Hbond substituents is 1. The molecule has 3 rings (SSSR count). The Labute approximate surface area is 177 Å². The molecule has 1 N–H and O–H groups in total. The molecule has 0 atom stereocenters. The Morgan fingerprint density at radius 2 is 1.93 bits per heavy atom. The number of nitrogens with zero attached hydrogens (tertiary/aromatic N) is 3. The van der Waals surface area contributed by atoms with E-state index >= 15 is 0 Å². The van der Waals surface area contributed by atoms with Crippen LogP contribution in [-0.4, -0.2) is 46.7 Å². The fourth-order valence-electron chi connectivity index (χ4n) is 2.97. The standard InChI is InChI=1S/C20H19N3O6S/c1-4-29-15-7-5-13(6-8-15)22-19(25)16(21(2)20(22)30)10-12-9-14(23(26)27)11-17(28-3)18(12)24/h5-11,24H,4H2,1-3H3/b16-10-. The minimum absolute atomic E-state index is 0.0626. The van der Waals surface area contributed by atoms with Crippen LogP contribution in [0.3, 0.4) is 0 Å². The smallest absolute Gasteiger partial charge is 0.281 e. The number of nitro groups is 1. The molecular formula is C20H19N3O6S. The van der Waals surface area contributed by atoms with Crippen LogP contribution in [0.1, 0.15) is 12.5 Å². The molecule has 2 aromatic carbocycles.